The van der Waals surface area contributed by atoms with Crippen LogP contribution in [0.1, 0.15) is 308 Å². The van der Waals surface area contributed by atoms with Crippen LogP contribution in [0.15, 0.2) is 0 Å². The van der Waals surface area contributed by atoms with Crippen LogP contribution in [0.5, 0.6) is 0 Å². The smallest absolute Gasteiger partial charge is 0.0672 e. The van der Waals surface area contributed by atoms with Crippen LogP contribution in [-0.2, 0) is 9.47 Å². The van der Waals surface area contributed by atoms with Crippen LogP contribution in [-0.4, -0.2) is 90.9 Å². The molecule has 456 valence electrons. The number of piperidine rings is 2. The summed E-state index contributed by atoms with van der Waals surface area (Å²) in [4.78, 5) is 0. The van der Waals surface area contributed by atoms with Crippen molar-refractivity contribution in [1.82, 2.24) is 26.6 Å². The second-order valence-electron chi connectivity index (χ2n) is 19.4. The standard InChI is InChI=1S/3C7H14.2C6H13N.C6H12O.C5H12N2.C5H11NO.8C2H6.CH4/c3*1-7-5-3-2-4-6-7;3*1-6-3-2-4-7-5-6;2*1-5-4-6-2-3-7-5;8*1-2;/h3*7H,2-6H2,1H3;2*6-7H,2-5H2,1H3;6H,2-5H2,1H3;5-7H,2-4H2,1H3;5-6H,2-4H2,1H3;8*1-2H3;1H4/t;;;3*6-;2*5-;;;;;;;;;/m...10111........./s1. The zero-order valence-electron chi connectivity index (χ0n) is 55.3. The van der Waals surface area contributed by atoms with E-state index >= 15 is 0 Å². The maximum atomic E-state index is 5.22. The number of ether oxygens (including phenoxy) is 2. The molecule has 5 heterocycles. The molecule has 3 aliphatic carbocycles. The van der Waals surface area contributed by atoms with Gasteiger partial charge in [-0.3, -0.25) is 0 Å². The first-order valence-corrected chi connectivity index (χ1v) is 32.9. The molecule has 0 aromatic carbocycles. The first-order valence-electron chi connectivity index (χ1n) is 32.9. The van der Waals surface area contributed by atoms with E-state index in [1.54, 1.807) is 0 Å². The van der Waals surface area contributed by atoms with Crippen molar-refractivity contribution in [3.63, 3.8) is 0 Å². The van der Waals surface area contributed by atoms with Crippen molar-refractivity contribution < 1.29 is 9.47 Å². The van der Waals surface area contributed by atoms with Gasteiger partial charge in [-0.25, -0.2) is 0 Å². The quantitative estimate of drug-likeness (QED) is 0.165. The van der Waals surface area contributed by atoms with Gasteiger partial charge >= 0.3 is 0 Å². The lowest BCUT2D eigenvalue weighted by molar-refractivity contribution is 0.0410. The van der Waals surface area contributed by atoms with Crippen LogP contribution in [0.25, 0.3) is 0 Å². The highest BCUT2D eigenvalue weighted by Crippen LogP contribution is 2.23. The molecule has 0 radical (unpaired) electrons. The lowest BCUT2D eigenvalue weighted by Gasteiger charge is -2.19. The van der Waals surface area contributed by atoms with Crippen LogP contribution in [0.4, 0.5) is 0 Å². The maximum Gasteiger partial charge on any atom is 0.0672 e. The lowest BCUT2D eigenvalue weighted by Crippen LogP contribution is -2.46. The number of nitrogens with one attached hydrogen (secondary N) is 5. The average Bonchev–Trinajstić information content (AvgIpc) is 3.46. The molecular formula is C66H155N5O2. The SMILES string of the molecule is C.CC.CC.CC.CC.CC.CC.CC.CC.CC1CCCCC1.CC1CCCCC1.CC1CCCCC1.C[C@@H]1CCCNC1.C[C@@H]1CCCOC1.C[C@@H]1CNCCN1.C[C@@H]1CNCCO1.C[C@H]1CCCNC1. The van der Waals surface area contributed by atoms with Gasteiger partial charge in [0.1, 0.15) is 0 Å². The highest BCUT2D eigenvalue weighted by atomic mass is 16.5. The summed E-state index contributed by atoms with van der Waals surface area (Å²) in [5, 5.41) is 16.5. The fraction of sp³-hybridized carbons (Fsp3) is 1.00. The fourth-order valence-corrected chi connectivity index (χ4v) is 8.37. The Morgan fingerprint density at radius 2 is 0.616 bits per heavy atom. The third-order valence-electron chi connectivity index (χ3n) is 12.5. The fourth-order valence-electron chi connectivity index (χ4n) is 8.37. The summed E-state index contributed by atoms with van der Waals surface area (Å²) < 4.78 is 10.4. The van der Waals surface area contributed by atoms with Crippen LogP contribution < -0.4 is 26.6 Å². The first-order chi connectivity index (χ1) is 35.2. The summed E-state index contributed by atoms with van der Waals surface area (Å²) in [5.41, 5.74) is 0. The molecule has 0 unspecified atom stereocenters. The van der Waals surface area contributed by atoms with Crippen LogP contribution >= 0.6 is 0 Å². The van der Waals surface area contributed by atoms with E-state index in [2.05, 4.69) is 82.0 Å². The molecule has 0 amide bonds. The van der Waals surface area contributed by atoms with Gasteiger partial charge in [-0.1, -0.05) is 256 Å². The van der Waals surface area contributed by atoms with Crippen molar-refractivity contribution >= 4 is 0 Å². The molecule has 0 bridgehead atoms. The molecule has 8 fully saturated rings. The Morgan fingerprint density at radius 3 is 0.753 bits per heavy atom. The highest BCUT2D eigenvalue weighted by Gasteiger charge is 2.10. The zero-order chi connectivity index (χ0) is 56.9. The summed E-state index contributed by atoms with van der Waals surface area (Å²) in [7, 11) is 0. The third-order valence-corrected chi connectivity index (χ3v) is 12.5. The minimum absolute atomic E-state index is 0. The average molecular weight is 1050 g/mol. The number of morpholine rings is 1. The molecule has 5 atom stereocenters. The molecular weight excluding hydrogens is 895 g/mol. The summed E-state index contributed by atoms with van der Waals surface area (Å²) in [6, 6.07) is 0.675. The second-order valence-corrected chi connectivity index (χ2v) is 19.4. The van der Waals surface area contributed by atoms with E-state index in [4.69, 9.17) is 9.47 Å². The predicted octanol–water partition coefficient (Wildman–Crippen LogP) is 19.6. The predicted molar refractivity (Wildman–Crippen MR) is 345 cm³/mol. The number of piperazine rings is 1. The van der Waals surface area contributed by atoms with Crippen LogP contribution in [0, 0.1) is 35.5 Å². The lowest BCUT2D eigenvalue weighted by atomic mass is 9.91. The third kappa shape index (κ3) is 85.9. The zero-order valence-corrected chi connectivity index (χ0v) is 55.3. The molecule has 3 saturated carbocycles. The molecule has 7 nitrogen and oxygen atoms in total. The van der Waals surface area contributed by atoms with Crippen molar-refractivity contribution in [3.8, 4) is 0 Å². The Labute approximate surface area is 468 Å². The topological polar surface area (TPSA) is 78.6 Å². The van der Waals surface area contributed by atoms with E-state index < -0.39 is 0 Å². The van der Waals surface area contributed by atoms with E-state index in [1.165, 1.54) is 161 Å². The van der Waals surface area contributed by atoms with Gasteiger partial charge in [-0.05, 0) is 114 Å². The minimum atomic E-state index is 0. The van der Waals surface area contributed by atoms with E-state index in [1.807, 2.05) is 111 Å². The van der Waals surface area contributed by atoms with Gasteiger partial charge in [0.05, 0.1) is 12.7 Å². The Kier molecular flexibility index (Phi) is 111. The van der Waals surface area contributed by atoms with Crippen molar-refractivity contribution in [1.29, 1.82) is 0 Å². The number of hydrogen-bond donors (Lipinski definition) is 5. The largest absolute Gasteiger partial charge is 0.381 e. The molecule has 0 aromatic rings. The molecule has 0 aromatic heterocycles. The van der Waals surface area contributed by atoms with E-state index in [9.17, 15) is 0 Å². The molecule has 5 aliphatic heterocycles. The monoisotopic (exact) mass is 1050 g/mol. The summed E-state index contributed by atoms with van der Waals surface area (Å²) >= 11 is 0. The van der Waals surface area contributed by atoms with Crippen molar-refractivity contribution in [2.75, 3.05) is 78.7 Å². The van der Waals surface area contributed by atoms with Crippen molar-refractivity contribution in [2.45, 2.75) is 321 Å². The van der Waals surface area contributed by atoms with Crippen molar-refractivity contribution in [3.05, 3.63) is 0 Å². The summed E-state index contributed by atoms with van der Waals surface area (Å²) in [5.74, 6) is 5.77. The van der Waals surface area contributed by atoms with Gasteiger partial charge in [0, 0.05) is 52.0 Å². The van der Waals surface area contributed by atoms with E-state index in [0.717, 1.165) is 88.1 Å². The minimum Gasteiger partial charge on any atom is -0.381 e. The van der Waals surface area contributed by atoms with Crippen LogP contribution in [0.2, 0.25) is 0 Å². The van der Waals surface area contributed by atoms with Gasteiger partial charge < -0.3 is 36.1 Å². The van der Waals surface area contributed by atoms with E-state index in [-0.39, 0.29) is 7.43 Å². The van der Waals surface area contributed by atoms with E-state index in [0.29, 0.717) is 12.1 Å². The first kappa shape index (κ1) is 92.1. The summed E-state index contributed by atoms with van der Waals surface area (Å²) in [6.07, 6.45) is 31.0. The van der Waals surface area contributed by atoms with Gasteiger partial charge in [0.15, 0.2) is 0 Å². The van der Waals surface area contributed by atoms with Gasteiger partial charge in [0.2, 0.25) is 0 Å². The highest BCUT2D eigenvalue weighted by molar-refractivity contribution is 4.70. The second kappa shape index (κ2) is 88.3. The van der Waals surface area contributed by atoms with Crippen molar-refractivity contribution in [2.24, 2.45) is 35.5 Å². The molecule has 73 heavy (non-hydrogen) atoms. The Morgan fingerprint density at radius 1 is 0.288 bits per heavy atom. The van der Waals surface area contributed by atoms with Gasteiger partial charge in [-0.2, -0.15) is 0 Å². The molecule has 5 N–H and O–H groups in total. The van der Waals surface area contributed by atoms with Gasteiger partial charge in [0.25, 0.3) is 0 Å². The molecule has 0 spiro atoms. The molecule has 5 saturated heterocycles. The molecule has 8 aliphatic rings. The molecule has 7 heteroatoms. The van der Waals surface area contributed by atoms with Gasteiger partial charge in [-0.15, -0.1) is 0 Å². The normalized spacial score (nSPS) is 23.8. The number of rotatable bonds is 0. The summed E-state index contributed by atoms with van der Waals surface area (Å²) in [6.45, 7) is 63.4. The van der Waals surface area contributed by atoms with Crippen LogP contribution in [0.3, 0.4) is 0 Å². The molecule has 8 rings (SSSR count). The Balaban J connectivity index is -0.0000000879. The maximum absolute atomic E-state index is 5.22. The number of hydrogen-bond acceptors (Lipinski definition) is 7. The Bertz CT molecular complexity index is 567. The Hall–Kier alpha value is -0.280.